The molecule has 0 aromatic heterocycles. The first kappa shape index (κ1) is 23.1. The number of piperidine rings is 1. The van der Waals surface area contributed by atoms with E-state index < -0.39 is 0 Å². The van der Waals surface area contributed by atoms with Gasteiger partial charge in [0.2, 0.25) is 0 Å². The first-order valence-corrected chi connectivity index (χ1v) is 11.9. The van der Waals surface area contributed by atoms with Crippen LogP contribution in [-0.4, -0.2) is 47.9 Å². The van der Waals surface area contributed by atoms with E-state index in [1.165, 1.54) is 10.5 Å². The van der Waals surface area contributed by atoms with Gasteiger partial charge in [0.1, 0.15) is 18.1 Å². The molecule has 5 heteroatoms. The van der Waals surface area contributed by atoms with Gasteiger partial charge in [-0.25, -0.2) is 0 Å². The summed E-state index contributed by atoms with van der Waals surface area (Å²) >= 11 is 0. The molecule has 174 valence electrons. The van der Waals surface area contributed by atoms with E-state index in [0.29, 0.717) is 17.2 Å². The number of nitrogens with zero attached hydrogens (tertiary/aromatic N) is 2. The normalized spacial score (nSPS) is 17.4. The van der Waals surface area contributed by atoms with Crippen LogP contribution in [0.2, 0.25) is 0 Å². The number of likely N-dealkylation sites (tertiary alicyclic amines) is 1. The van der Waals surface area contributed by atoms with Crippen molar-refractivity contribution in [2.24, 2.45) is 5.92 Å². The van der Waals surface area contributed by atoms with Crippen molar-refractivity contribution in [3.63, 3.8) is 0 Å². The largest absolute Gasteiger partial charge is 0.492 e. The average molecular weight is 447 g/mol. The summed E-state index contributed by atoms with van der Waals surface area (Å²) in [6.45, 7) is 12.5. The van der Waals surface area contributed by atoms with Crippen molar-refractivity contribution >= 4 is 17.4 Å². The van der Waals surface area contributed by atoms with Crippen LogP contribution >= 0.6 is 0 Å². The molecule has 1 saturated heterocycles. The Morgan fingerprint density at radius 1 is 0.879 bits per heavy atom. The van der Waals surface area contributed by atoms with Crippen LogP contribution in [0.25, 0.3) is 5.57 Å². The smallest absolute Gasteiger partial charge is 0.277 e. The molecule has 2 heterocycles. The molecule has 2 aromatic carbocycles. The second-order valence-electron chi connectivity index (χ2n) is 9.63. The number of aryl methyl sites for hydroxylation is 4. The number of imide groups is 1. The van der Waals surface area contributed by atoms with Gasteiger partial charge in [-0.2, -0.15) is 0 Å². The Balaban J connectivity index is 1.59. The van der Waals surface area contributed by atoms with Crippen LogP contribution in [0.3, 0.4) is 0 Å². The molecule has 0 N–H and O–H groups in total. The van der Waals surface area contributed by atoms with E-state index in [1.807, 2.05) is 51.1 Å². The molecule has 2 aliphatic heterocycles. The number of carbonyl (C=O) groups is 2. The quantitative estimate of drug-likeness (QED) is 0.598. The third-order valence-electron chi connectivity index (χ3n) is 6.82. The predicted octanol–water partition coefficient (Wildman–Crippen LogP) is 4.81. The Morgan fingerprint density at radius 2 is 1.55 bits per heavy atom. The maximum absolute atomic E-state index is 13.5. The molecule has 0 atom stereocenters. The highest BCUT2D eigenvalue weighted by atomic mass is 16.5. The molecule has 0 radical (unpaired) electrons. The minimum atomic E-state index is -0.221. The molecule has 4 rings (SSSR count). The Hall–Kier alpha value is -3.08. The van der Waals surface area contributed by atoms with Crippen LogP contribution in [0.4, 0.5) is 0 Å². The Labute approximate surface area is 197 Å². The highest BCUT2D eigenvalue weighted by Gasteiger charge is 2.42. The second-order valence-corrected chi connectivity index (χ2v) is 9.63. The van der Waals surface area contributed by atoms with Crippen LogP contribution in [0, 0.1) is 33.6 Å². The lowest BCUT2D eigenvalue weighted by molar-refractivity contribution is -0.138. The number of hydrogen-bond acceptors (Lipinski definition) is 4. The summed E-state index contributed by atoms with van der Waals surface area (Å²) in [5, 5.41) is 0. The van der Waals surface area contributed by atoms with Gasteiger partial charge >= 0.3 is 0 Å². The highest BCUT2D eigenvalue weighted by molar-refractivity contribution is 6.35. The summed E-state index contributed by atoms with van der Waals surface area (Å²) in [6, 6.07) is 12.0. The van der Waals surface area contributed by atoms with Gasteiger partial charge < -0.3 is 9.64 Å². The van der Waals surface area contributed by atoms with E-state index in [9.17, 15) is 9.59 Å². The molecule has 0 spiro atoms. The molecular formula is C28H34N2O3. The third-order valence-corrected chi connectivity index (χ3v) is 6.82. The van der Waals surface area contributed by atoms with Crippen LogP contribution in [0.1, 0.15) is 47.6 Å². The molecular weight excluding hydrogens is 412 g/mol. The van der Waals surface area contributed by atoms with Gasteiger partial charge in [0.15, 0.2) is 0 Å². The lowest BCUT2D eigenvalue weighted by Crippen LogP contribution is -2.39. The lowest BCUT2D eigenvalue weighted by Gasteiger charge is -2.32. The Bertz CT molecular complexity index is 1090. The van der Waals surface area contributed by atoms with Crippen molar-refractivity contribution in [2.45, 2.75) is 47.5 Å². The van der Waals surface area contributed by atoms with E-state index in [1.54, 1.807) is 0 Å². The van der Waals surface area contributed by atoms with E-state index in [0.717, 1.165) is 53.9 Å². The van der Waals surface area contributed by atoms with Gasteiger partial charge in [0.25, 0.3) is 11.8 Å². The summed E-state index contributed by atoms with van der Waals surface area (Å²) in [4.78, 5) is 30.6. The van der Waals surface area contributed by atoms with Crippen LogP contribution < -0.4 is 4.74 Å². The predicted molar refractivity (Wildman–Crippen MR) is 131 cm³/mol. The summed E-state index contributed by atoms with van der Waals surface area (Å²) in [5.41, 5.74) is 6.44. The van der Waals surface area contributed by atoms with Gasteiger partial charge in [-0.3, -0.25) is 14.5 Å². The van der Waals surface area contributed by atoms with Crippen molar-refractivity contribution in [2.75, 3.05) is 26.2 Å². The molecule has 0 aliphatic carbocycles. The van der Waals surface area contributed by atoms with E-state index >= 15 is 0 Å². The number of benzene rings is 2. The molecule has 1 fully saturated rings. The minimum Gasteiger partial charge on any atom is -0.492 e. The third kappa shape index (κ3) is 4.82. The number of rotatable bonds is 6. The van der Waals surface area contributed by atoms with Gasteiger partial charge in [0.05, 0.1) is 12.1 Å². The lowest BCUT2D eigenvalue weighted by atomic mass is 9.96. The second kappa shape index (κ2) is 9.42. The molecule has 0 bridgehead atoms. The zero-order chi connectivity index (χ0) is 23.7. The summed E-state index contributed by atoms with van der Waals surface area (Å²) < 4.78 is 5.92. The standard InChI is InChI=1S/C28H34N2O3/c1-18-8-10-29(11-9-18)26-25(23-7-6-21(4)22(5)17-23)27(31)30(28(26)32)12-13-33-24-15-19(2)14-20(3)16-24/h6-7,14-18H,8-13H2,1-5H3. The van der Waals surface area contributed by atoms with Gasteiger partial charge in [-0.05, 0) is 86.4 Å². The summed E-state index contributed by atoms with van der Waals surface area (Å²) in [7, 11) is 0. The fraction of sp³-hybridized carbons (Fsp3) is 0.429. The maximum Gasteiger partial charge on any atom is 0.277 e. The monoisotopic (exact) mass is 446 g/mol. The Morgan fingerprint density at radius 3 is 2.18 bits per heavy atom. The van der Waals surface area contributed by atoms with Crippen molar-refractivity contribution in [3.8, 4) is 5.75 Å². The first-order chi connectivity index (χ1) is 15.7. The maximum atomic E-state index is 13.5. The van der Waals surface area contributed by atoms with E-state index in [-0.39, 0.29) is 25.0 Å². The fourth-order valence-electron chi connectivity index (χ4n) is 4.72. The van der Waals surface area contributed by atoms with Crippen molar-refractivity contribution in [1.82, 2.24) is 9.80 Å². The van der Waals surface area contributed by atoms with Crippen molar-refractivity contribution in [1.29, 1.82) is 0 Å². The van der Waals surface area contributed by atoms with Crippen LogP contribution in [0.5, 0.6) is 5.75 Å². The Kier molecular flexibility index (Phi) is 6.59. The average Bonchev–Trinajstić information content (AvgIpc) is 3.00. The molecule has 5 nitrogen and oxygen atoms in total. The molecule has 2 aromatic rings. The number of carbonyl (C=O) groups excluding carboxylic acids is 2. The highest BCUT2D eigenvalue weighted by Crippen LogP contribution is 2.34. The molecule has 2 aliphatic rings. The van der Waals surface area contributed by atoms with Crippen molar-refractivity contribution in [3.05, 3.63) is 69.9 Å². The van der Waals surface area contributed by atoms with Crippen LogP contribution in [0.15, 0.2) is 42.1 Å². The zero-order valence-electron chi connectivity index (χ0n) is 20.4. The summed E-state index contributed by atoms with van der Waals surface area (Å²) in [5.74, 6) is 0.980. The minimum absolute atomic E-state index is 0.202. The molecule has 2 amide bonds. The summed E-state index contributed by atoms with van der Waals surface area (Å²) in [6.07, 6.45) is 2.06. The molecule has 0 saturated carbocycles. The van der Waals surface area contributed by atoms with Gasteiger partial charge in [-0.1, -0.05) is 31.2 Å². The number of ether oxygens (including phenoxy) is 1. The fourth-order valence-corrected chi connectivity index (χ4v) is 4.72. The van der Waals surface area contributed by atoms with Crippen LogP contribution in [-0.2, 0) is 9.59 Å². The van der Waals surface area contributed by atoms with Crippen molar-refractivity contribution < 1.29 is 14.3 Å². The topological polar surface area (TPSA) is 49.9 Å². The number of hydrogen-bond donors (Lipinski definition) is 0. The number of amides is 2. The SMILES string of the molecule is Cc1cc(C)cc(OCCN2C(=O)C(c3ccc(C)c(C)c3)=C(N3CCC(C)CC3)C2=O)c1. The molecule has 33 heavy (non-hydrogen) atoms. The van der Waals surface area contributed by atoms with E-state index in [4.69, 9.17) is 4.74 Å². The zero-order valence-corrected chi connectivity index (χ0v) is 20.4. The van der Waals surface area contributed by atoms with Gasteiger partial charge in [0, 0.05) is 13.1 Å². The first-order valence-electron chi connectivity index (χ1n) is 11.9. The van der Waals surface area contributed by atoms with E-state index in [2.05, 4.69) is 24.8 Å². The van der Waals surface area contributed by atoms with Gasteiger partial charge in [-0.15, -0.1) is 0 Å². The molecule has 0 unspecified atom stereocenters.